The fourth-order valence-electron chi connectivity index (χ4n) is 2.49. The molecule has 0 bridgehead atoms. The summed E-state index contributed by atoms with van der Waals surface area (Å²) in [5, 5.41) is 16.6. The molecule has 114 valence electrons. The van der Waals surface area contributed by atoms with E-state index in [0.717, 1.165) is 5.56 Å². The number of aromatic nitrogens is 3. The van der Waals surface area contributed by atoms with Crippen molar-refractivity contribution in [3.63, 3.8) is 0 Å². The zero-order valence-electron chi connectivity index (χ0n) is 11.9. The lowest BCUT2D eigenvalue weighted by Crippen LogP contribution is -2.24. The second-order valence-corrected chi connectivity index (χ2v) is 5.04. The summed E-state index contributed by atoms with van der Waals surface area (Å²) < 4.78 is 7.04. The van der Waals surface area contributed by atoms with E-state index >= 15 is 0 Å². The normalized spacial score (nSPS) is 16.3. The molecule has 0 spiro atoms. The Labute approximate surface area is 130 Å². The Morgan fingerprint density at radius 2 is 2.04 bits per heavy atom. The summed E-state index contributed by atoms with van der Waals surface area (Å²) in [6.07, 6.45) is 3.10. The third-order valence-corrected chi connectivity index (χ3v) is 3.56. The predicted molar refractivity (Wildman–Crippen MR) is 81.6 cm³/mol. The maximum Gasteiger partial charge on any atom is 0.352 e. The molecular formula is C16H12N4O3. The van der Waals surface area contributed by atoms with E-state index < -0.39 is 12.0 Å². The van der Waals surface area contributed by atoms with Gasteiger partial charge in [-0.3, -0.25) is 0 Å². The van der Waals surface area contributed by atoms with Crippen molar-refractivity contribution in [3.8, 4) is 11.4 Å². The first-order valence-electron chi connectivity index (χ1n) is 7.00. The highest BCUT2D eigenvalue weighted by Gasteiger charge is 2.28. The average Bonchev–Trinajstić information content (AvgIpc) is 3.24. The molecule has 2 aromatic heterocycles. The molecule has 23 heavy (non-hydrogen) atoms. The number of nitrogens with zero attached hydrogens (tertiary/aromatic N) is 3. The summed E-state index contributed by atoms with van der Waals surface area (Å²) in [5.41, 5.74) is 0.900. The van der Waals surface area contributed by atoms with E-state index in [0.29, 0.717) is 17.5 Å². The number of hydrogen-bond acceptors (Lipinski definition) is 5. The van der Waals surface area contributed by atoms with Crippen LogP contribution in [0.15, 0.2) is 64.9 Å². The molecule has 4 rings (SSSR count). The van der Waals surface area contributed by atoms with Crippen LogP contribution < -0.4 is 5.32 Å². The van der Waals surface area contributed by atoms with Crippen LogP contribution in [-0.2, 0) is 4.79 Å². The molecule has 1 aromatic carbocycles. The maximum absolute atomic E-state index is 11.3. The number of hydrogen-bond donors (Lipinski definition) is 2. The minimum absolute atomic E-state index is 0.0471. The Morgan fingerprint density at radius 3 is 2.74 bits per heavy atom. The topological polar surface area (TPSA) is 93.2 Å². The molecule has 7 nitrogen and oxygen atoms in total. The Hall–Kier alpha value is -3.35. The average molecular weight is 308 g/mol. The van der Waals surface area contributed by atoms with Gasteiger partial charge in [0.05, 0.1) is 6.26 Å². The van der Waals surface area contributed by atoms with Crippen LogP contribution in [0.5, 0.6) is 0 Å². The monoisotopic (exact) mass is 308 g/mol. The van der Waals surface area contributed by atoms with Gasteiger partial charge >= 0.3 is 5.97 Å². The van der Waals surface area contributed by atoms with E-state index in [-0.39, 0.29) is 5.70 Å². The van der Waals surface area contributed by atoms with E-state index in [1.807, 2.05) is 30.3 Å². The van der Waals surface area contributed by atoms with Crippen molar-refractivity contribution in [2.75, 3.05) is 5.32 Å². The second kappa shape index (κ2) is 5.13. The molecule has 3 heterocycles. The number of aliphatic carboxylic acids is 1. The lowest BCUT2D eigenvalue weighted by Gasteiger charge is -2.20. The fourth-order valence-corrected chi connectivity index (χ4v) is 2.49. The van der Waals surface area contributed by atoms with Crippen LogP contribution >= 0.6 is 0 Å². The van der Waals surface area contributed by atoms with Crippen LogP contribution in [0, 0.1) is 0 Å². The summed E-state index contributed by atoms with van der Waals surface area (Å²) in [4.78, 5) is 15.7. The molecule has 0 aliphatic carbocycles. The third kappa shape index (κ3) is 2.28. The molecule has 1 aliphatic rings. The van der Waals surface area contributed by atoms with Gasteiger partial charge in [-0.2, -0.15) is 4.98 Å². The van der Waals surface area contributed by atoms with Crippen molar-refractivity contribution in [2.45, 2.75) is 6.04 Å². The SMILES string of the molecule is O=C(O)C1=C[C@@H](c2ccco2)n2nc(-c3ccccc3)nc2N1. The van der Waals surface area contributed by atoms with Gasteiger partial charge in [0.25, 0.3) is 0 Å². The lowest BCUT2D eigenvalue weighted by atomic mass is 10.1. The van der Waals surface area contributed by atoms with E-state index in [1.54, 1.807) is 29.2 Å². The van der Waals surface area contributed by atoms with E-state index in [9.17, 15) is 9.90 Å². The molecule has 0 fully saturated rings. The molecule has 3 aromatic rings. The number of anilines is 1. The first kappa shape index (κ1) is 13.3. The van der Waals surface area contributed by atoms with Crippen molar-refractivity contribution < 1.29 is 14.3 Å². The standard InChI is InChI=1S/C16H12N4O3/c21-15(22)11-9-12(13-7-4-8-23-13)20-16(17-11)18-14(19-20)10-5-2-1-3-6-10/h1-9,12H,(H,21,22)(H,17,18,19)/t12-/m0/s1. The first-order chi connectivity index (χ1) is 11.2. The molecule has 2 N–H and O–H groups in total. The molecule has 1 aliphatic heterocycles. The fraction of sp³-hybridized carbons (Fsp3) is 0.0625. The second-order valence-electron chi connectivity index (χ2n) is 5.04. The summed E-state index contributed by atoms with van der Waals surface area (Å²) in [7, 11) is 0. The van der Waals surface area contributed by atoms with E-state index in [2.05, 4.69) is 15.4 Å². The number of benzene rings is 1. The number of nitrogens with one attached hydrogen (secondary N) is 1. The minimum atomic E-state index is -1.06. The third-order valence-electron chi connectivity index (χ3n) is 3.56. The number of carboxylic acid groups (broad SMARTS) is 1. The minimum Gasteiger partial charge on any atom is -0.477 e. The molecule has 0 amide bonds. The van der Waals surface area contributed by atoms with Crippen LogP contribution in [0.4, 0.5) is 5.95 Å². The summed E-state index contributed by atoms with van der Waals surface area (Å²) in [6, 6.07) is 12.6. The van der Waals surface area contributed by atoms with E-state index in [1.165, 1.54) is 0 Å². The molecule has 0 saturated carbocycles. The number of rotatable bonds is 3. The van der Waals surface area contributed by atoms with Crippen molar-refractivity contribution in [2.24, 2.45) is 0 Å². The highest BCUT2D eigenvalue weighted by Crippen LogP contribution is 2.31. The van der Waals surface area contributed by atoms with Gasteiger partial charge in [0, 0.05) is 5.56 Å². The number of fused-ring (bicyclic) bond motifs is 1. The van der Waals surface area contributed by atoms with Crippen molar-refractivity contribution in [1.82, 2.24) is 14.8 Å². The van der Waals surface area contributed by atoms with Gasteiger partial charge in [0.15, 0.2) is 5.82 Å². The Balaban J connectivity index is 1.83. The largest absolute Gasteiger partial charge is 0.477 e. The van der Waals surface area contributed by atoms with E-state index in [4.69, 9.17) is 4.42 Å². The van der Waals surface area contributed by atoms with Crippen LogP contribution in [-0.4, -0.2) is 25.8 Å². The maximum atomic E-state index is 11.3. The van der Waals surface area contributed by atoms with Crippen LogP contribution in [0.2, 0.25) is 0 Å². The number of carboxylic acids is 1. The highest BCUT2D eigenvalue weighted by molar-refractivity contribution is 5.90. The Morgan fingerprint density at radius 1 is 1.22 bits per heavy atom. The quantitative estimate of drug-likeness (QED) is 0.772. The van der Waals surface area contributed by atoms with Crippen LogP contribution in [0.1, 0.15) is 11.8 Å². The van der Waals surface area contributed by atoms with Gasteiger partial charge in [-0.05, 0) is 18.2 Å². The van der Waals surface area contributed by atoms with Crippen molar-refractivity contribution in [3.05, 3.63) is 66.3 Å². The first-order valence-corrected chi connectivity index (χ1v) is 7.00. The zero-order chi connectivity index (χ0) is 15.8. The molecule has 0 unspecified atom stereocenters. The zero-order valence-corrected chi connectivity index (χ0v) is 11.9. The Kier molecular flexibility index (Phi) is 2.97. The molecule has 0 saturated heterocycles. The van der Waals surface area contributed by atoms with Crippen molar-refractivity contribution in [1.29, 1.82) is 0 Å². The smallest absolute Gasteiger partial charge is 0.352 e. The van der Waals surface area contributed by atoms with Crippen LogP contribution in [0.25, 0.3) is 11.4 Å². The molecule has 0 radical (unpaired) electrons. The summed E-state index contributed by atoms with van der Waals surface area (Å²) in [6.45, 7) is 0. The van der Waals surface area contributed by atoms with Crippen LogP contribution in [0.3, 0.4) is 0 Å². The summed E-state index contributed by atoms with van der Waals surface area (Å²) in [5.74, 6) is 0.419. The van der Waals surface area contributed by atoms with Gasteiger partial charge in [0.2, 0.25) is 5.95 Å². The van der Waals surface area contributed by atoms with Gasteiger partial charge in [-0.15, -0.1) is 5.10 Å². The predicted octanol–water partition coefficient (Wildman–Crippen LogP) is 2.52. The molecule has 1 atom stereocenters. The number of allylic oxidation sites excluding steroid dienone is 1. The van der Waals surface area contributed by atoms with Gasteiger partial charge in [-0.25, -0.2) is 9.48 Å². The molecule has 7 heteroatoms. The van der Waals surface area contributed by atoms with Gasteiger partial charge in [-0.1, -0.05) is 30.3 Å². The van der Waals surface area contributed by atoms with Gasteiger partial charge in [0.1, 0.15) is 17.5 Å². The molecular weight excluding hydrogens is 296 g/mol. The van der Waals surface area contributed by atoms with Crippen molar-refractivity contribution >= 4 is 11.9 Å². The van der Waals surface area contributed by atoms with Gasteiger partial charge < -0.3 is 14.8 Å². The highest BCUT2D eigenvalue weighted by atomic mass is 16.4. The number of carbonyl (C=O) groups is 1. The summed E-state index contributed by atoms with van der Waals surface area (Å²) >= 11 is 0. The lowest BCUT2D eigenvalue weighted by molar-refractivity contribution is -0.132. The Bertz CT molecular complexity index is 881. The number of furan rings is 1.